The van der Waals surface area contributed by atoms with E-state index in [2.05, 4.69) is 40.9 Å². The highest BCUT2D eigenvalue weighted by Gasteiger charge is 2.20. The lowest BCUT2D eigenvalue weighted by atomic mass is 10.0. The van der Waals surface area contributed by atoms with Gasteiger partial charge >= 0.3 is 0 Å². The molecule has 0 aliphatic rings. The third-order valence-corrected chi connectivity index (χ3v) is 4.21. The van der Waals surface area contributed by atoms with Gasteiger partial charge in [0.05, 0.1) is 10.6 Å². The van der Waals surface area contributed by atoms with Crippen molar-refractivity contribution in [2.24, 2.45) is 0 Å². The maximum Gasteiger partial charge on any atom is 0.0829 e. The first-order chi connectivity index (χ1) is 9.11. The van der Waals surface area contributed by atoms with Crippen LogP contribution in [0.5, 0.6) is 0 Å². The molecular formula is C14H18ClN3S. The lowest BCUT2D eigenvalue weighted by molar-refractivity contribution is 0.589. The van der Waals surface area contributed by atoms with Crippen molar-refractivity contribution in [1.29, 1.82) is 0 Å². The fraction of sp³-hybridized carbons (Fsp3) is 0.429. The molecule has 0 bridgehead atoms. The SMILES string of the molecule is CNC(Cc1ccc(Cl)cc1)c1snnc1C(C)C. The van der Waals surface area contributed by atoms with Crippen LogP contribution in [-0.4, -0.2) is 16.6 Å². The van der Waals surface area contributed by atoms with Crippen LogP contribution >= 0.6 is 23.1 Å². The van der Waals surface area contributed by atoms with Gasteiger partial charge in [-0.2, -0.15) is 0 Å². The third-order valence-electron chi connectivity index (χ3n) is 3.11. The maximum atomic E-state index is 5.91. The number of rotatable bonds is 5. The Morgan fingerprint density at radius 1 is 1.26 bits per heavy atom. The summed E-state index contributed by atoms with van der Waals surface area (Å²) in [6, 6.07) is 8.24. The lowest BCUT2D eigenvalue weighted by Crippen LogP contribution is -2.19. The molecule has 0 saturated heterocycles. The third kappa shape index (κ3) is 3.53. The second-order valence-corrected chi connectivity index (χ2v) is 6.07. The molecule has 1 atom stereocenters. The minimum atomic E-state index is 0.249. The van der Waals surface area contributed by atoms with Crippen molar-refractivity contribution in [3.05, 3.63) is 45.4 Å². The zero-order valence-electron chi connectivity index (χ0n) is 11.4. The molecule has 1 aromatic heterocycles. The zero-order valence-corrected chi connectivity index (χ0v) is 12.9. The number of hydrogen-bond acceptors (Lipinski definition) is 4. The van der Waals surface area contributed by atoms with E-state index in [0.717, 1.165) is 17.1 Å². The van der Waals surface area contributed by atoms with E-state index < -0.39 is 0 Å². The second-order valence-electron chi connectivity index (χ2n) is 4.85. The van der Waals surface area contributed by atoms with Crippen LogP contribution in [0, 0.1) is 0 Å². The quantitative estimate of drug-likeness (QED) is 0.911. The van der Waals surface area contributed by atoms with Gasteiger partial charge in [-0.1, -0.05) is 42.1 Å². The van der Waals surface area contributed by atoms with Crippen LogP contribution in [0.3, 0.4) is 0 Å². The van der Waals surface area contributed by atoms with E-state index in [0.29, 0.717) is 5.92 Å². The summed E-state index contributed by atoms with van der Waals surface area (Å²) >= 11 is 7.40. The minimum Gasteiger partial charge on any atom is -0.312 e. The topological polar surface area (TPSA) is 37.8 Å². The predicted octanol–water partition coefficient (Wildman–Crippen LogP) is 3.82. The fourth-order valence-electron chi connectivity index (χ4n) is 2.03. The van der Waals surface area contributed by atoms with Gasteiger partial charge < -0.3 is 5.32 Å². The van der Waals surface area contributed by atoms with E-state index in [1.807, 2.05) is 19.2 Å². The molecule has 19 heavy (non-hydrogen) atoms. The molecule has 102 valence electrons. The molecule has 0 amide bonds. The van der Waals surface area contributed by atoms with Crippen LogP contribution in [0.15, 0.2) is 24.3 Å². The summed E-state index contributed by atoms with van der Waals surface area (Å²) in [5, 5.41) is 8.38. The van der Waals surface area contributed by atoms with Gasteiger partial charge in [-0.15, -0.1) is 5.10 Å². The van der Waals surface area contributed by atoms with Crippen LogP contribution in [0.4, 0.5) is 0 Å². The molecule has 1 aromatic carbocycles. The molecule has 0 spiro atoms. The molecule has 1 N–H and O–H groups in total. The Morgan fingerprint density at radius 2 is 1.95 bits per heavy atom. The predicted molar refractivity (Wildman–Crippen MR) is 81.0 cm³/mol. The molecule has 0 fully saturated rings. The summed E-state index contributed by atoms with van der Waals surface area (Å²) in [5.74, 6) is 0.398. The van der Waals surface area contributed by atoms with Crippen molar-refractivity contribution in [2.75, 3.05) is 7.05 Å². The molecule has 0 aliphatic heterocycles. The van der Waals surface area contributed by atoms with Crippen LogP contribution in [0.25, 0.3) is 0 Å². The smallest absolute Gasteiger partial charge is 0.0829 e. The van der Waals surface area contributed by atoms with Crippen LogP contribution in [-0.2, 0) is 6.42 Å². The normalized spacial score (nSPS) is 12.9. The summed E-state index contributed by atoms with van der Waals surface area (Å²) in [5.41, 5.74) is 2.35. The molecule has 2 rings (SSSR count). The average Bonchev–Trinajstić information content (AvgIpc) is 2.87. The van der Waals surface area contributed by atoms with Crippen LogP contribution in [0.2, 0.25) is 5.02 Å². The fourth-order valence-corrected chi connectivity index (χ4v) is 3.07. The highest BCUT2D eigenvalue weighted by Crippen LogP contribution is 2.28. The molecule has 0 radical (unpaired) electrons. The van der Waals surface area contributed by atoms with Gasteiger partial charge in [-0.25, -0.2) is 0 Å². The first-order valence-electron chi connectivity index (χ1n) is 6.35. The molecule has 0 aliphatic carbocycles. The molecule has 1 unspecified atom stereocenters. The van der Waals surface area contributed by atoms with Crippen LogP contribution in [0.1, 0.15) is 41.9 Å². The van der Waals surface area contributed by atoms with E-state index in [1.54, 1.807) is 0 Å². The Bertz CT molecular complexity index is 522. The highest BCUT2D eigenvalue weighted by molar-refractivity contribution is 7.05. The largest absolute Gasteiger partial charge is 0.312 e. The van der Waals surface area contributed by atoms with E-state index in [4.69, 9.17) is 11.6 Å². The van der Waals surface area contributed by atoms with Gasteiger partial charge in [0.2, 0.25) is 0 Å². The van der Waals surface area contributed by atoms with Crippen molar-refractivity contribution in [1.82, 2.24) is 14.9 Å². The number of nitrogens with one attached hydrogen (secondary N) is 1. The van der Waals surface area contributed by atoms with Crippen molar-refractivity contribution < 1.29 is 0 Å². The number of benzene rings is 1. The number of hydrogen-bond donors (Lipinski definition) is 1. The number of halogens is 1. The number of aromatic nitrogens is 2. The Kier molecular flexibility index (Phi) is 4.91. The molecule has 0 saturated carbocycles. The van der Waals surface area contributed by atoms with Crippen LogP contribution < -0.4 is 5.32 Å². The lowest BCUT2D eigenvalue weighted by Gasteiger charge is -2.16. The summed E-state index contributed by atoms with van der Waals surface area (Å²) in [6.07, 6.45) is 0.914. The van der Waals surface area contributed by atoms with Gasteiger partial charge in [-0.05, 0) is 48.6 Å². The zero-order chi connectivity index (χ0) is 13.8. The van der Waals surface area contributed by atoms with E-state index >= 15 is 0 Å². The summed E-state index contributed by atoms with van der Waals surface area (Å²) in [6.45, 7) is 4.30. The molecule has 5 heteroatoms. The van der Waals surface area contributed by atoms with Crippen molar-refractivity contribution >= 4 is 23.1 Å². The van der Waals surface area contributed by atoms with Crippen molar-refractivity contribution in [3.8, 4) is 0 Å². The Morgan fingerprint density at radius 3 is 2.53 bits per heavy atom. The summed E-state index contributed by atoms with van der Waals surface area (Å²) in [7, 11) is 1.98. The first kappa shape index (κ1) is 14.4. The molecule has 3 nitrogen and oxygen atoms in total. The van der Waals surface area contributed by atoms with Gasteiger partial charge in [0.25, 0.3) is 0 Å². The summed E-state index contributed by atoms with van der Waals surface area (Å²) < 4.78 is 4.10. The first-order valence-corrected chi connectivity index (χ1v) is 7.50. The molecular weight excluding hydrogens is 278 g/mol. The van der Waals surface area contributed by atoms with Crippen molar-refractivity contribution in [3.63, 3.8) is 0 Å². The van der Waals surface area contributed by atoms with Gasteiger partial charge in [0, 0.05) is 11.1 Å². The number of nitrogens with zero attached hydrogens (tertiary/aromatic N) is 2. The van der Waals surface area contributed by atoms with Gasteiger partial charge in [0.1, 0.15) is 0 Å². The van der Waals surface area contributed by atoms with E-state index in [1.165, 1.54) is 22.0 Å². The summed E-state index contributed by atoms with van der Waals surface area (Å²) in [4.78, 5) is 1.23. The minimum absolute atomic E-state index is 0.249. The van der Waals surface area contributed by atoms with Crippen molar-refractivity contribution in [2.45, 2.75) is 32.2 Å². The Balaban J connectivity index is 2.20. The maximum absolute atomic E-state index is 5.91. The Labute approximate surface area is 123 Å². The highest BCUT2D eigenvalue weighted by atomic mass is 35.5. The molecule has 1 heterocycles. The van der Waals surface area contributed by atoms with Gasteiger partial charge in [-0.3, -0.25) is 0 Å². The number of likely N-dealkylation sites (N-methyl/N-ethyl adjacent to an activating group) is 1. The Hall–Kier alpha value is -0.970. The van der Waals surface area contributed by atoms with E-state index in [-0.39, 0.29) is 6.04 Å². The monoisotopic (exact) mass is 295 g/mol. The second kappa shape index (κ2) is 6.46. The molecule has 2 aromatic rings. The standard InChI is InChI=1S/C14H18ClN3S/c1-9(2)13-14(19-18-17-13)12(16-3)8-10-4-6-11(15)7-5-10/h4-7,9,12,16H,8H2,1-3H3. The van der Waals surface area contributed by atoms with E-state index in [9.17, 15) is 0 Å². The van der Waals surface area contributed by atoms with Gasteiger partial charge in [0.15, 0.2) is 0 Å². The average molecular weight is 296 g/mol.